The lowest BCUT2D eigenvalue weighted by molar-refractivity contribution is -0.125. The first-order chi connectivity index (χ1) is 11.7. The number of amidine groups is 1. The van der Waals surface area contributed by atoms with Crippen LogP contribution in [0.25, 0.3) is 0 Å². The highest BCUT2D eigenvalue weighted by atomic mass is 35.5. The van der Waals surface area contributed by atoms with Gasteiger partial charge in [0.2, 0.25) is 5.91 Å². The zero-order valence-electron chi connectivity index (χ0n) is 13.6. The third-order valence-electron chi connectivity index (χ3n) is 4.11. The Balaban J connectivity index is 1.91. The van der Waals surface area contributed by atoms with E-state index in [-0.39, 0.29) is 40.3 Å². The SMILES string of the molecule is CN(C)C(=O)CSC1=NC2CS(=O)(=O)CC2N1c1ccc(F)c(Cl)c1. The second-order valence-electron chi connectivity index (χ2n) is 6.17. The number of carbonyl (C=O) groups is 1. The summed E-state index contributed by atoms with van der Waals surface area (Å²) in [6, 6.07) is 3.49. The Labute approximate surface area is 154 Å². The van der Waals surface area contributed by atoms with Gasteiger partial charge in [-0.25, -0.2) is 12.8 Å². The van der Waals surface area contributed by atoms with Gasteiger partial charge >= 0.3 is 0 Å². The van der Waals surface area contributed by atoms with Crippen LogP contribution in [0.15, 0.2) is 23.2 Å². The van der Waals surface area contributed by atoms with Crippen molar-refractivity contribution in [2.45, 2.75) is 12.1 Å². The van der Waals surface area contributed by atoms with Crippen molar-refractivity contribution in [3.8, 4) is 0 Å². The Morgan fingerprint density at radius 2 is 2.16 bits per heavy atom. The van der Waals surface area contributed by atoms with E-state index in [1.54, 1.807) is 25.1 Å². The maximum absolute atomic E-state index is 13.5. The average molecular weight is 406 g/mol. The number of thioether (sulfide) groups is 1. The zero-order valence-corrected chi connectivity index (χ0v) is 16.0. The molecule has 1 amide bonds. The summed E-state index contributed by atoms with van der Waals surface area (Å²) in [4.78, 5) is 19.6. The molecule has 0 radical (unpaired) electrons. The second-order valence-corrected chi connectivity index (χ2v) is 9.67. The molecule has 2 unspecified atom stereocenters. The molecule has 2 heterocycles. The number of hydrogen-bond acceptors (Lipinski definition) is 6. The summed E-state index contributed by atoms with van der Waals surface area (Å²) < 4.78 is 37.4. The lowest BCUT2D eigenvalue weighted by atomic mass is 10.1. The molecule has 0 N–H and O–H groups in total. The van der Waals surface area contributed by atoms with Crippen molar-refractivity contribution in [1.29, 1.82) is 0 Å². The summed E-state index contributed by atoms with van der Waals surface area (Å²) >= 11 is 7.12. The fourth-order valence-electron chi connectivity index (χ4n) is 2.83. The molecule has 136 valence electrons. The fourth-order valence-corrected chi connectivity index (χ4v) is 5.95. The van der Waals surface area contributed by atoms with Crippen molar-refractivity contribution in [2.75, 3.05) is 36.3 Å². The molecule has 0 bridgehead atoms. The molecule has 25 heavy (non-hydrogen) atoms. The van der Waals surface area contributed by atoms with Crippen molar-refractivity contribution in [2.24, 2.45) is 4.99 Å². The first kappa shape index (κ1) is 18.5. The van der Waals surface area contributed by atoms with Gasteiger partial charge in [0.05, 0.1) is 34.4 Å². The van der Waals surface area contributed by atoms with E-state index in [9.17, 15) is 17.6 Å². The second kappa shape index (κ2) is 6.77. The number of amides is 1. The minimum absolute atomic E-state index is 0.0191. The molecule has 1 saturated heterocycles. The van der Waals surface area contributed by atoms with Gasteiger partial charge in [-0.05, 0) is 18.2 Å². The van der Waals surface area contributed by atoms with Crippen LogP contribution in [-0.2, 0) is 14.6 Å². The predicted molar refractivity (Wildman–Crippen MR) is 98.7 cm³/mol. The van der Waals surface area contributed by atoms with Gasteiger partial charge in [0.15, 0.2) is 15.0 Å². The monoisotopic (exact) mass is 405 g/mol. The van der Waals surface area contributed by atoms with Gasteiger partial charge in [0, 0.05) is 19.8 Å². The number of rotatable bonds is 3. The quantitative estimate of drug-likeness (QED) is 0.764. The van der Waals surface area contributed by atoms with Crippen LogP contribution >= 0.6 is 23.4 Å². The maximum Gasteiger partial charge on any atom is 0.232 e. The first-order valence-corrected chi connectivity index (χ1v) is 10.7. The summed E-state index contributed by atoms with van der Waals surface area (Å²) in [7, 11) is 0.157. The molecular weight excluding hydrogens is 389 g/mol. The number of fused-ring (bicyclic) bond motifs is 1. The Morgan fingerprint density at radius 3 is 2.80 bits per heavy atom. The average Bonchev–Trinajstić information content (AvgIpc) is 2.98. The molecule has 10 heteroatoms. The molecule has 1 aromatic carbocycles. The molecule has 2 atom stereocenters. The van der Waals surface area contributed by atoms with Gasteiger partial charge < -0.3 is 9.80 Å². The number of anilines is 1. The van der Waals surface area contributed by atoms with Crippen molar-refractivity contribution in [1.82, 2.24) is 4.90 Å². The lowest BCUT2D eigenvalue weighted by Gasteiger charge is -2.26. The van der Waals surface area contributed by atoms with Gasteiger partial charge in [0.25, 0.3) is 0 Å². The number of halogens is 2. The van der Waals surface area contributed by atoms with Crippen molar-refractivity contribution < 1.29 is 17.6 Å². The predicted octanol–water partition coefficient (Wildman–Crippen LogP) is 1.64. The molecule has 6 nitrogen and oxygen atoms in total. The van der Waals surface area contributed by atoms with Gasteiger partial charge in [-0.2, -0.15) is 0 Å². The van der Waals surface area contributed by atoms with Gasteiger partial charge in [-0.15, -0.1) is 0 Å². The van der Waals surface area contributed by atoms with Crippen LogP contribution in [0, 0.1) is 5.82 Å². The highest BCUT2D eigenvalue weighted by Gasteiger charge is 2.47. The van der Waals surface area contributed by atoms with E-state index in [1.807, 2.05) is 0 Å². The highest BCUT2D eigenvalue weighted by Crippen LogP contribution is 2.36. The standard InChI is InChI=1S/C15H17ClFN3O3S2/c1-19(2)14(21)6-24-15-18-12-7-25(22,23)8-13(12)20(15)9-3-4-11(17)10(16)5-9/h3-5,12-13H,6-8H2,1-2H3. The molecule has 2 aliphatic heterocycles. The fraction of sp³-hybridized carbons (Fsp3) is 0.467. The largest absolute Gasteiger partial charge is 0.348 e. The molecule has 0 aliphatic carbocycles. The van der Waals surface area contributed by atoms with Gasteiger partial charge in [0.1, 0.15) is 5.82 Å². The first-order valence-electron chi connectivity index (χ1n) is 7.53. The Kier molecular flexibility index (Phi) is 5.00. The van der Waals surface area contributed by atoms with E-state index in [4.69, 9.17) is 11.6 Å². The van der Waals surface area contributed by atoms with E-state index in [1.165, 1.54) is 28.8 Å². The number of aliphatic imine (C=N–C) groups is 1. The Hall–Kier alpha value is -1.32. The summed E-state index contributed by atoms with van der Waals surface area (Å²) in [5.41, 5.74) is 0.569. The van der Waals surface area contributed by atoms with E-state index in [0.29, 0.717) is 10.9 Å². The lowest BCUT2D eigenvalue weighted by Crippen LogP contribution is -2.39. The zero-order chi connectivity index (χ0) is 18.4. The smallest absolute Gasteiger partial charge is 0.232 e. The van der Waals surface area contributed by atoms with Gasteiger partial charge in [-0.1, -0.05) is 23.4 Å². The van der Waals surface area contributed by atoms with Crippen LogP contribution in [0.1, 0.15) is 0 Å². The number of carbonyl (C=O) groups excluding carboxylic acids is 1. The molecule has 0 aromatic heterocycles. The summed E-state index contributed by atoms with van der Waals surface area (Å²) in [5.74, 6) is -0.483. The van der Waals surface area contributed by atoms with E-state index < -0.39 is 15.7 Å². The third kappa shape index (κ3) is 3.78. The number of benzene rings is 1. The van der Waals surface area contributed by atoms with Crippen LogP contribution in [0.5, 0.6) is 0 Å². The number of sulfone groups is 1. The minimum atomic E-state index is -3.17. The third-order valence-corrected chi connectivity index (χ3v) is 7.05. The van der Waals surface area contributed by atoms with Crippen LogP contribution in [-0.4, -0.2) is 67.8 Å². The molecule has 2 aliphatic rings. The maximum atomic E-state index is 13.5. The normalized spacial score (nSPS) is 24.2. The van der Waals surface area contributed by atoms with Crippen LogP contribution in [0.4, 0.5) is 10.1 Å². The Bertz CT molecular complexity index is 844. The molecule has 3 rings (SSSR count). The van der Waals surface area contributed by atoms with Crippen LogP contribution < -0.4 is 4.90 Å². The van der Waals surface area contributed by atoms with Crippen molar-refractivity contribution in [3.05, 3.63) is 29.0 Å². The summed E-state index contributed by atoms with van der Waals surface area (Å²) in [6.45, 7) is 0. The van der Waals surface area contributed by atoms with Crippen LogP contribution in [0.3, 0.4) is 0 Å². The molecule has 1 aromatic rings. The van der Waals surface area contributed by atoms with E-state index in [2.05, 4.69) is 4.99 Å². The van der Waals surface area contributed by atoms with E-state index in [0.717, 1.165) is 0 Å². The van der Waals surface area contributed by atoms with Gasteiger partial charge in [-0.3, -0.25) is 9.79 Å². The summed E-state index contributed by atoms with van der Waals surface area (Å²) in [6.07, 6.45) is 0. The van der Waals surface area contributed by atoms with Crippen molar-refractivity contribution >= 4 is 50.0 Å². The Morgan fingerprint density at radius 1 is 1.44 bits per heavy atom. The molecule has 1 fully saturated rings. The van der Waals surface area contributed by atoms with E-state index >= 15 is 0 Å². The van der Waals surface area contributed by atoms with Crippen molar-refractivity contribution in [3.63, 3.8) is 0 Å². The molecule has 0 saturated carbocycles. The number of nitrogens with zero attached hydrogens (tertiary/aromatic N) is 3. The number of hydrogen-bond donors (Lipinski definition) is 0. The minimum Gasteiger partial charge on any atom is -0.348 e. The topological polar surface area (TPSA) is 70.0 Å². The molecule has 0 spiro atoms. The summed E-state index contributed by atoms with van der Waals surface area (Å²) in [5, 5.41) is 0.512. The molecular formula is C15H17ClFN3O3S2. The van der Waals surface area contributed by atoms with Crippen LogP contribution in [0.2, 0.25) is 5.02 Å². The highest BCUT2D eigenvalue weighted by molar-refractivity contribution is 8.14.